The number of nitrogens with one attached hydrogen (secondary N) is 2. The maximum absolute atomic E-state index is 12.8. The SMILES string of the molecule is Nc1cc(-n2c(=O)[nH][nH]c2=O)ccc1F. The molecule has 0 saturated heterocycles. The van der Waals surface area contributed by atoms with Gasteiger partial charge in [-0.1, -0.05) is 0 Å². The summed E-state index contributed by atoms with van der Waals surface area (Å²) in [6, 6.07) is 3.58. The summed E-state index contributed by atoms with van der Waals surface area (Å²) in [5, 5.41) is 4.21. The van der Waals surface area contributed by atoms with E-state index in [1.54, 1.807) is 0 Å². The average molecular weight is 210 g/mol. The van der Waals surface area contributed by atoms with Crippen molar-refractivity contribution in [3.05, 3.63) is 45.0 Å². The minimum absolute atomic E-state index is 0.125. The number of hydrogen-bond donors (Lipinski definition) is 3. The monoisotopic (exact) mass is 210 g/mol. The Kier molecular flexibility index (Phi) is 1.93. The zero-order chi connectivity index (χ0) is 11.0. The van der Waals surface area contributed by atoms with Gasteiger partial charge in [-0.2, -0.15) is 0 Å². The van der Waals surface area contributed by atoms with Crippen LogP contribution in [0, 0.1) is 5.82 Å². The number of aromatic nitrogens is 3. The van der Waals surface area contributed by atoms with Crippen molar-refractivity contribution in [2.75, 3.05) is 5.73 Å². The Bertz CT molecular complexity index is 582. The molecule has 0 bridgehead atoms. The summed E-state index contributed by atoms with van der Waals surface area (Å²) in [6.45, 7) is 0. The van der Waals surface area contributed by atoms with Crippen molar-refractivity contribution >= 4 is 5.69 Å². The number of benzene rings is 1. The first-order chi connectivity index (χ1) is 7.09. The topological polar surface area (TPSA) is 96.7 Å². The molecule has 15 heavy (non-hydrogen) atoms. The van der Waals surface area contributed by atoms with Crippen LogP contribution in [0.4, 0.5) is 10.1 Å². The van der Waals surface area contributed by atoms with Crippen LogP contribution in [0.5, 0.6) is 0 Å². The highest BCUT2D eigenvalue weighted by molar-refractivity contribution is 5.48. The third-order valence-corrected chi connectivity index (χ3v) is 1.92. The average Bonchev–Trinajstić information content (AvgIpc) is 2.52. The highest BCUT2D eigenvalue weighted by atomic mass is 19.1. The zero-order valence-corrected chi connectivity index (χ0v) is 7.45. The van der Waals surface area contributed by atoms with E-state index in [2.05, 4.69) is 10.2 Å². The smallest absolute Gasteiger partial charge is 0.348 e. The third kappa shape index (κ3) is 1.43. The summed E-state index contributed by atoms with van der Waals surface area (Å²) >= 11 is 0. The maximum Gasteiger partial charge on any atom is 0.348 e. The van der Waals surface area contributed by atoms with Crippen molar-refractivity contribution in [1.29, 1.82) is 0 Å². The van der Waals surface area contributed by atoms with Gasteiger partial charge in [0.25, 0.3) is 0 Å². The molecule has 2 rings (SSSR count). The van der Waals surface area contributed by atoms with Gasteiger partial charge in [0.1, 0.15) is 5.82 Å². The molecule has 1 aromatic heterocycles. The second-order valence-corrected chi connectivity index (χ2v) is 2.90. The van der Waals surface area contributed by atoms with Crippen LogP contribution < -0.4 is 17.1 Å². The number of H-pyrrole nitrogens is 2. The number of nitrogens with zero attached hydrogens (tertiary/aromatic N) is 1. The van der Waals surface area contributed by atoms with Crippen LogP contribution in [-0.4, -0.2) is 14.8 Å². The van der Waals surface area contributed by atoms with Crippen LogP contribution in [0.15, 0.2) is 27.8 Å². The van der Waals surface area contributed by atoms with Crippen LogP contribution in [0.25, 0.3) is 5.69 Å². The molecule has 4 N–H and O–H groups in total. The van der Waals surface area contributed by atoms with Crippen LogP contribution >= 0.6 is 0 Å². The van der Waals surface area contributed by atoms with Gasteiger partial charge < -0.3 is 5.73 Å². The van der Waals surface area contributed by atoms with Crippen LogP contribution in [0.3, 0.4) is 0 Å². The summed E-state index contributed by atoms with van der Waals surface area (Å²) in [5.74, 6) is -0.598. The first kappa shape index (κ1) is 9.25. The molecule has 7 heteroatoms. The van der Waals surface area contributed by atoms with E-state index in [0.717, 1.165) is 10.6 Å². The number of halogens is 1. The molecule has 0 aliphatic heterocycles. The molecule has 0 amide bonds. The van der Waals surface area contributed by atoms with Gasteiger partial charge in [-0.3, -0.25) is 0 Å². The summed E-state index contributed by atoms with van der Waals surface area (Å²) in [4.78, 5) is 22.4. The minimum atomic E-state index is -0.633. The Morgan fingerprint density at radius 1 is 1.20 bits per heavy atom. The van der Waals surface area contributed by atoms with Gasteiger partial charge in [-0.15, -0.1) is 0 Å². The fraction of sp³-hybridized carbons (Fsp3) is 0. The summed E-state index contributed by atoms with van der Waals surface area (Å²) in [7, 11) is 0. The van der Waals surface area contributed by atoms with E-state index in [0.29, 0.717) is 0 Å². The van der Waals surface area contributed by atoms with E-state index in [-0.39, 0.29) is 11.4 Å². The molecule has 6 nitrogen and oxygen atoms in total. The molecule has 0 radical (unpaired) electrons. The van der Waals surface area contributed by atoms with Crippen molar-refractivity contribution in [3.8, 4) is 5.69 Å². The maximum atomic E-state index is 12.8. The molecular weight excluding hydrogens is 203 g/mol. The van der Waals surface area contributed by atoms with Crippen molar-refractivity contribution in [2.24, 2.45) is 0 Å². The third-order valence-electron chi connectivity index (χ3n) is 1.92. The van der Waals surface area contributed by atoms with Crippen molar-refractivity contribution in [1.82, 2.24) is 14.8 Å². The van der Waals surface area contributed by atoms with E-state index in [4.69, 9.17) is 5.73 Å². The van der Waals surface area contributed by atoms with Crippen molar-refractivity contribution < 1.29 is 4.39 Å². The predicted octanol–water partition coefficient (Wildman–Crippen LogP) is -0.425. The zero-order valence-electron chi connectivity index (χ0n) is 7.45. The molecule has 1 aromatic carbocycles. The summed E-state index contributed by atoms with van der Waals surface area (Å²) in [5.41, 5.74) is 4.13. The van der Waals surface area contributed by atoms with Crippen molar-refractivity contribution in [3.63, 3.8) is 0 Å². The summed E-state index contributed by atoms with van der Waals surface area (Å²) < 4.78 is 13.7. The first-order valence-corrected chi connectivity index (χ1v) is 4.04. The quantitative estimate of drug-likeness (QED) is 0.557. The van der Waals surface area contributed by atoms with Gasteiger partial charge in [-0.25, -0.2) is 28.7 Å². The molecule has 0 spiro atoms. The molecule has 78 valence electrons. The van der Waals surface area contributed by atoms with E-state index >= 15 is 0 Å². The van der Waals surface area contributed by atoms with Gasteiger partial charge >= 0.3 is 11.4 Å². The number of hydrogen-bond acceptors (Lipinski definition) is 3. The molecule has 0 unspecified atom stereocenters. The minimum Gasteiger partial charge on any atom is -0.396 e. The van der Waals surface area contributed by atoms with E-state index < -0.39 is 17.2 Å². The Morgan fingerprint density at radius 2 is 1.80 bits per heavy atom. The van der Waals surface area contributed by atoms with E-state index in [1.165, 1.54) is 12.1 Å². The predicted molar refractivity (Wildman–Crippen MR) is 51.4 cm³/mol. The molecule has 0 aliphatic rings. The highest BCUT2D eigenvalue weighted by Crippen LogP contribution is 2.13. The number of nitrogen functional groups attached to an aromatic ring is 1. The van der Waals surface area contributed by atoms with Crippen LogP contribution in [0.2, 0.25) is 0 Å². The Morgan fingerprint density at radius 3 is 2.33 bits per heavy atom. The Labute approximate surface area is 82.1 Å². The fourth-order valence-electron chi connectivity index (χ4n) is 1.22. The number of rotatable bonds is 1. The molecule has 0 fully saturated rings. The number of nitrogens with two attached hydrogens (primary N) is 1. The normalized spacial score (nSPS) is 10.5. The van der Waals surface area contributed by atoms with Crippen LogP contribution in [-0.2, 0) is 0 Å². The molecule has 2 aromatic rings. The summed E-state index contributed by atoms with van der Waals surface area (Å²) in [6.07, 6.45) is 0. The lowest BCUT2D eigenvalue weighted by atomic mass is 10.2. The largest absolute Gasteiger partial charge is 0.396 e. The van der Waals surface area contributed by atoms with Crippen molar-refractivity contribution in [2.45, 2.75) is 0 Å². The van der Waals surface area contributed by atoms with Gasteiger partial charge in [-0.05, 0) is 18.2 Å². The van der Waals surface area contributed by atoms with E-state index in [9.17, 15) is 14.0 Å². The number of aromatic amines is 2. The lowest BCUT2D eigenvalue weighted by molar-refractivity contribution is 0.632. The van der Waals surface area contributed by atoms with Gasteiger partial charge in [0.2, 0.25) is 0 Å². The molecule has 0 saturated carbocycles. The van der Waals surface area contributed by atoms with Gasteiger partial charge in [0.15, 0.2) is 0 Å². The lowest BCUT2D eigenvalue weighted by Crippen LogP contribution is -2.24. The Balaban J connectivity index is 2.70. The molecular formula is C8H7FN4O2. The number of anilines is 1. The second-order valence-electron chi connectivity index (χ2n) is 2.90. The standard InChI is InChI=1S/C8H7FN4O2/c9-5-2-1-4(3-6(5)10)13-7(14)11-12-8(13)15/h1-3H,10H2,(H,11,14)(H,12,15). The highest BCUT2D eigenvalue weighted by Gasteiger charge is 2.07. The molecule has 1 heterocycles. The lowest BCUT2D eigenvalue weighted by Gasteiger charge is -2.01. The molecule has 0 atom stereocenters. The Hall–Kier alpha value is -2.31. The van der Waals surface area contributed by atoms with E-state index in [1.807, 2.05) is 0 Å². The van der Waals surface area contributed by atoms with Gasteiger partial charge in [0, 0.05) is 0 Å². The van der Waals surface area contributed by atoms with Crippen LogP contribution in [0.1, 0.15) is 0 Å². The second kappa shape index (κ2) is 3.12. The fourth-order valence-corrected chi connectivity index (χ4v) is 1.22. The van der Waals surface area contributed by atoms with Gasteiger partial charge in [0.05, 0.1) is 11.4 Å². The molecule has 0 aliphatic carbocycles. The first-order valence-electron chi connectivity index (χ1n) is 4.04.